The van der Waals surface area contributed by atoms with Crippen LogP contribution in [0.2, 0.25) is 0 Å². The van der Waals surface area contributed by atoms with Crippen LogP contribution >= 0.6 is 0 Å². The standard InChI is InChI=1S/C14H12FN3O2S/c1-9-5-6-10(8-16)7-12(9)18-21(19,20)13-4-2-3-11(15)14(13)17/h2-7,18H,17H2,1H3. The number of aryl methyl sites for hydroxylation is 1. The van der Waals surface area contributed by atoms with Gasteiger partial charge in [-0.2, -0.15) is 5.26 Å². The van der Waals surface area contributed by atoms with Crippen LogP contribution < -0.4 is 10.5 Å². The van der Waals surface area contributed by atoms with Crippen molar-refractivity contribution < 1.29 is 12.8 Å². The van der Waals surface area contributed by atoms with Crippen LogP contribution in [-0.4, -0.2) is 8.42 Å². The van der Waals surface area contributed by atoms with E-state index < -0.39 is 21.5 Å². The lowest BCUT2D eigenvalue weighted by molar-refractivity contribution is 0.597. The molecule has 108 valence electrons. The van der Waals surface area contributed by atoms with E-state index in [9.17, 15) is 12.8 Å². The van der Waals surface area contributed by atoms with Gasteiger partial charge in [0.25, 0.3) is 10.0 Å². The monoisotopic (exact) mass is 305 g/mol. The molecule has 0 aliphatic carbocycles. The number of halogens is 1. The van der Waals surface area contributed by atoms with E-state index in [1.54, 1.807) is 19.1 Å². The highest BCUT2D eigenvalue weighted by molar-refractivity contribution is 7.92. The van der Waals surface area contributed by atoms with Gasteiger partial charge in [0.05, 0.1) is 23.0 Å². The lowest BCUT2D eigenvalue weighted by Gasteiger charge is -2.12. The van der Waals surface area contributed by atoms with E-state index in [4.69, 9.17) is 11.0 Å². The predicted molar refractivity (Wildman–Crippen MR) is 77.5 cm³/mol. The number of nitrogens with zero attached hydrogens (tertiary/aromatic N) is 1. The van der Waals surface area contributed by atoms with Crippen LogP contribution in [0.25, 0.3) is 0 Å². The first kappa shape index (κ1) is 14.8. The molecule has 0 bridgehead atoms. The summed E-state index contributed by atoms with van der Waals surface area (Å²) in [5.74, 6) is -0.805. The van der Waals surface area contributed by atoms with Crippen molar-refractivity contribution in [3.8, 4) is 6.07 Å². The third kappa shape index (κ3) is 2.95. The minimum Gasteiger partial charge on any atom is -0.395 e. The molecule has 0 aliphatic rings. The van der Waals surface area contributed by atoms with Crippen molar-refractivity contribution in [3.05, 3.63) is 53.3 Å². The third-order valence-corrected chi connectivity index (χ3v) is 4.34. The molecule has 2 aromatic rings. The molecule has 2 rings (SSSR count). The zero-order valence-electron chi connectivity index (χ0n) is 11.1. The largest absolute Gasteiger partial charge is 0.395 e. The number of benzene rings is 2. The van der Waals surface area contributed by atoms with E-state index >= 15 is 0 Å². The molecular weight excluding hydrogens is 293 g/mol. The molecule has 0 atom stereocenters. The van der Waals surface area contributed by atoms with Gasteiger partial charge in [-0.25, -0.2) is 12.8 Å². The number of nitrogen functional groups attached to an aromatic ring is 1. The first-order valence-electron chi connectivity index (χ1n) is 5.92. The zero-order chi connectivity index (χ0) is 15.6. The maximum atomic E-state index is 13.4. The minimum absolute atomic E-state index is 0.248. The van der Waals surface area contributed by atoms with Crippen molar-refractivity contribution in [3.63, 3.8) is 0 Å². The molecule has 3 N–H and O–H groups in total. The zero-order valence-corrected chi connectivity index (χ0v) is 11.9. The van der Waals surface area contributed by atoms with Crippen molar-refractivity contribution in [2.75, 3.05) is 10.5 Å². The second kappa shape index (κ2) is 5.42. The third-order valence-electron chi connectivity index (χ3n) is 2.91. The fourth-order valence-electron chi connectivity index (χ4n) is 1.75. The Hall–Kier alpha value is -2.59. The summed E-state index contributed by atoms with van der Waals surface area (Å²) >= 11 is 0. The van der Waals surface area contributed by atoms with Gasteiger partial charge in [0.1, 0.15) is 10.7 Å². The Morgan fingerprint density at radius 2 is 2.00 bits per heavy atom. The number of nitriles is 1. The molecule has 2 aromatic carbocycles. The molecule has 0 heterocycles. The van der Waals surface area contributed by atoms with Crippen molar-refractivity contribution >= 4 is 21.4 Å². The van der Waals surface area contributed by atoms with Crippen molar-refractivity contribution in [1.82, 2.24) is 0 Å². The van der Waals surface area contributed by atoms with Crippen molar-refractivity contribution in [2.24, 2.45) is 0 Å². The van der Waals surface area contributed by atoms with E-state index in [2.05, 4.69) is 4.72 Å². The van der Waals surface area contributed by atoms with Gasteiger partial charge >= 0.3 is 0 Å². The Morgan fingerprint density at radius 1 is 1.29 bits per heavy atom. The van der Waals surface area contributed by atoms with Crippen LogP contribution in [0.4, 0.5) is 15.8 Å². The van der Waals surface area contributed by atoms with Crippen molar-refractivity contribution in [1.29, 1.82) is 5.26 Å². The number of hydrogen-bond donors (Lipinski definition) is 2. The fraction of sp³-hybridized carbons (Fsp3) is 0.0714. The number of hydrogen-bond acceptors (Lipinski definition) is 4. The molecule has 7 heteroatoms. The lowest BCUT2D eigenvalue weighted by atomic mass is 10.1. The molecular formula is C14H12FN3O2S. The van der Waals surface area contributed by atoms with Crippen LogP contribution in [-0.2, 0) is 10.0 Å². The van der Waals surface area contributed by atoms with Gasteiger partial charge in [-0.1, -0.05) is 12.1 Å². The highest BCUT2D eigenvalue weighted by Crippen LogP contribution is 2.25. The highest BCUT2D eigenvalue weighted by Gasteiger charge is 2.20. The maximum Gasteiger partial charge on any atom is 0.264 e. The summed E-state index contributed by atoms with van der Waals surface area (Å²) in [6.45, 7) is 1.69. The Balaban J connectivity index is 2.48. The van der Waals surface area contributed by atoms with Gasteiger partial charge in [0.2, 0.25) is 0 Å². The molecule has 0 saturated heterocycles. The first-order chi connectivity index (χ1) is 9.85. The molecule has 0 spiro atoms. The summed E-state index contributed by atoms with van der Waals surface area (Å²) in [7, 11) is -4.04. The van der Waals surface area contributed by atoms with Gasteiger partial charge < -0.3 is 5.73 Å². The van der Waals surface area contributed by atoms with E-state index in [-0.39, 0.29) is 10.6 Å². The topological polar surface area (TPSA) is 96.0 Å². The molecule has 0 fully saturated rings. The number of para-hydroxylation sites is 1. The second-order valence-corrected chi connectivity index (χ2v) is 6.05. The minimum atomic E-state index is -4.04. The summed E-state index contributed by atoms with van der Waals surface area (Å²) in [5.41, 5.74) is 6.22. The fourth-order valence-corrected chi connectivity index (χ4v) is 3.02. The first-order valence-corrected chi connectivity index (χ1v) is 7.41. The molecule has 0 radical (unpaired) electrons. The number of nitrogens with one attached hydrogen (secondary N) is 1. The summed E-state index contributed by atoms with van der Waals surface area (Å²) in [5, 5.41) is 8.85. The SMILES string of the molecule is Cc1ccc(C#N)cc1NS(=O)(=O)c1cccc(F)c1N. The molecule has 5 nitrogen and oxygen atoms in total. The van der Waals surface area contributed by atoms with Crippen molar-refractivity contribution in [2.45, 2.75) is 11.8 Å². The molecule has 0 aliphatic heterocycles. The summed E-state index contributed by atoms with van der Waals surface area (Å²) in [6, 6.07) is 10.1. The Labute approximate surface area is 121 Å². The van der Waals surface area contributed by atoms with Crippen LogP contribution in [0.15, 0.2) is 41.3 Å². The van der Waals surface area contributed by atoms with Crippen LogP contribution in [0.3, 0.4) is 0 Å². The van der Waals surface area contributed by atoms with E-state index in [0.29, 0.717) is 11.1 Å². The molecule has 0 amide bonds. The maximum absolute atomic E-state index is 13.4. The summed E-state index contributed by atoms with van der Waals surface area (Å²) in [6.07, 6.45) is 0. The number of rotatable bonds is 3. The molecule has 21 heavy (non-hydrogen) atoms. The summed E-state index contributed by atoms with van der Waals surface area (Å²) in [4.78, 5) is -0.343. The number of anilines is 2. The van der Waals surface area contributed by atoms with Gasteiger partial charge in [0, 0.05) is 0 Å². The average Bonchev–Trinajstić information content (AvgIpc) is 2.44. The smallest absolute Gasteiger partial charge is 0.264 e. The predicted octanol–water partition coefficient (Wildman–Crippen LogP) is 2.39. The van der Waals surface area contributed by atoms with E-state index in [1.165, 1.54) is 18.2 Å². The molecule has 0 saturated carbocycles. The lowest BCUT2D eigenvalue weighted by Crippen LogP contribution is -2.16. The van der Waals surface area contributed by atoms with Gasteiger partial charge in [-0.15, -0.1) is 0 Å². The van der Waals surface area contributed by atoms with Crippen LogP contribution in [0.5, 0.6) is 0 Å². The van der Waals surface area contributed by atoms with Gasteiger partial charge in [0.15, 0.2) is 0 Å². The second-order valence-electron chi connectivity index (χ2n) is 4.40. The summed E-state index contributed by atoms with van der Waals surface area (Å²) < 4.78 is 40.3. The molecule has 0 unspecified atom stereocenters. The van der Waals surface area contributed by atoms with E-state index in [1.807, 2.05) is 6.07 Å². The molecule has 0 aromatic heterocycles. The van der Waals surface area contributed by atoms with Gasteiger partial charge in [-0.3, -0.25) is 4.72 Å². The Bertz CT molecular complexity index is 842. The van der Waals surface area contributed by atoms with Gasteiger partial charge in [-0.05, 0) is 36.8 Å². The van der Waals surface area contributed by atoms with E-state index in [0.717, 1.165) is 6.07 Å². The number of sulfonamides is 1. The normalized spacial score (nSPS) is 10.9. The average molecular weight is 305 g/mol. The Kier molecular flexibility index (Phi) is 3.82. The van der Waals surface area contributed by atoms with Crippen LogP contribution in [0, 0.1) is 24.1 Å². The quantitative estimate of drug-likeness (QED) is 0.851. The number of nitrogens with two attached hydrogens (primary N) is 1. The highest BCUT2D eigenvalue weighted by atomic mass is 32.2. The van der Waals surface area contributed by atoms with Crippen LogP contribution in [0.1, 0.15) is 11.1 Å². The Morgan fingerprint density at radius 3 is 2.67 bits per heavy atom.